The van der Waals surface area contributed by atoms with Gasteiger partial charge in [0.25, 0.3) is 0 Å². The molecule has 0 fully saturated rings. The van der Waals surface area contributed by atoms with E-state index in [0.29, 0.717) is 23.9 Å². The Morgan fingerprint density at radius 3 is 1.62 bits per heavy atom. The first-order chi connectivity index (χ1) is 24.0. The molecule has 0 aromatic heterocycles. The van der Waals surface area contributed by atoms with Gasteiger partial charge < -0.3 is 19.8 Å². The smallest absolute Gasteiger partial charge is 0.387 e. The zero-order chi connectivity index (χ0) is 37.2. The number of nitrogens with one attached hydrogen (secondary N) is 1. The van der Waals surface area contributed by atoms with Crippen molar-refractivity contribution >= 4 is 13.7 Å². The predicted molar refractivity (Wildman–Crippen MR) is 212 cm³/mol. The largest absolute Gasteiger partial charge is 0.472 e. The van der Waals surface area contributed by atoms with Crippen LogP contribution in [0.5, 0.6) is 0 Å². The van der Waals surface area contributed by atoms with Crippen LogP contribution in [-0.4, -0.2) is 73.4 Å². The summed E-state index contributed by atoms with van der Waals surface area (Å²) in [5.74, 6) is -0.225. The molecule has 0 aliphatic carbocycles. The summed E-state index contributed by atoms with van der Waals surface area (Å²) < 4.78 is 23.4. The lowest BCUT2D eigenvalue weighted by molar-refractivity contribution is -0.870. The van der Waals surface area contributed by atoms with E-state index in [4.69, 9.17) is 9.05 Å². The fourth-order valence-electron chi connectivity index (χ4n) is 5.53. The fourth-order valence-corrected chi connectivity index (χ4v) is 6.27. The number of aliphatic hydroxyl groups excluding tert-OH is 1. The zero-order valence-electron chi connectivity index (χ0n) is 33.1. The quantitative estimate of drug-likeness (QED) is 0.0257. The van der Waals surface area contributed by atoms with Crippen LogP contribution in [0.4, 0.5) is 0 Å². The summed E-state index contributed by atoms with van der Waals surface area (Å²) in [5, 5.41) is 13.7. The van der Waals surface area contributed by atoms with Gasteiger partial charge in [0.1, 0.15) is 13.2 Å². The molecule has 0 heterocycles. The van der Waals surface area contributed by atoms with Gasteiger partial charge >= 0.3 is 7.82 Å². The van der Waals surface area contributed by atoms with Crippen LogP contribution in [0.3, 0.4) is 0 Å². The van der Waals surface area contributed by atoms with Crippen molar-refractivity contribution < 1.29 is 32.9 Å². The van der Waals surface area contributed by atoms with Crippen LogP contribution in [0, 0.1) is 0 Å². The Morgan fingerprint density at radius 1 is 0.660 bits per heavy atom. The Morgan fingerprint density at radius 2 is 1.10 bits per heavy atom. The minimum Gasteiger partial charge on any atom is -0.387 e. The summed E-state index contributed by atoms with van der Waals surface area (Å²) in [6, 6.07) is -0.874. The second kappa shape index (κ2) is 33.5. The molecule has 50 heavy (non-hydrogen) atoms. The standard InChI is InChI=1S/C41H79N2O6P/c1-6-8-10-12-14-16-17-18-19-20-21-22-23-24-25-27-28-30-32-34-40(44)39(38-49-50(46,47)48-37-36-43(3,4)5)42-41(45)35-33-31-29-26-15-13-11-9-7-2/h25-27,29,32,34,39-40,44H,6-24,28,30-31,33,35-38H2,1-5H3,(H-,42,45,46,47)/p+1/b27-25+,29-26-,34-32+. The van der Waals surface area contributed by atoms with E-state index < -0.39 is 20.0 Å². The van der Waals surface area contributed by atoms with Gasteiger partial charge in [-0.25, -0.2) is 4.57 Å². The minimum atomic E-state index is -4.34. The van der Waals surface area contributed by atoms with Gasteiger partial charge in [-0.15, -0.1) is 0 Å². The van der Waals surface area contributed by atoms with Crippen LogP contribution in [0.2, 0.25) is 0 Å². The molecule has 0 spiro atoms. The first-order valence-corrected chi connectivity index (χ1v) is 21.9. The molecule has 0 radical (unpaired) electrons. The number of hydrogen-bond acceptors (Lipinski definition) is 5. The second-order valence-corrected chi connectivity index (χ2v) is 16.5. The van der Waals surface area contributed by atoms with Gasteiger partial charge in [0.2, 0.25) is 5.91 Å². The zero-order valence-corrected chi connectivity index (χ0v) is 34.0. The third-order valence-corrected chi connectivity index (χ3v) is 9.82. The molecule has 294 valence electrons. The first kappa shape index (κ1) is 48.7. The Labute approximate surface area is 308 Å². The Bertz CT molecular complexity index is 917. The van der Waals surface area contributed by atoms with Crippen LogP contribution >= 0.6 is 7.82 Å². The lowest BCUT2D eigenvalue weighted by Crippen LogP contribution is -2.45. The van der Waals surface area contributed by atoms with Crippen molar-refractivity contribution in [2.24, 2.45) is 0 Å². The van der Waals surface area contributed by atoms with E-state index in [1.807, 2.05) is 27.2 Å². The first-order valence-electron chi connectivity index (χ1n) is 20.4. The van der Waals surface area contributed by atoms with Crippen molar-refractivity contribution in [2.75, 3.05) is 40.9 Å². The molecule has 8 nitrogen and oxygen atoms in total. The summed E-state index contributed by atoms with van der Waals surface area (Å²) in [6.45, 7) is 4.72. The van der Waals surface area contributed by atoms with E-state index in [9.17, 15) is 19.4 Å². The summed E-state index contributed by atoms with van der Waals surface area (Å²) in [6.07, 6.45) is 39.5. The van der Waals surface area contributed by atoms with Crippen molar-refractivity contribution in [3.8, 4) is 0 Å². The predicted octanol–water partition coefficient (Wildman–Crippen LogP) is 10.7. The summed E-state index contributed by atoms with van der Waals surface area (Å²) in [7, 11) is 1.53. The monoisotopic (exact) mass is 728 g/mol. The third kappa shape index (κ3) is 35.1. The number of phosphoric acid groups is 1. The highest BCUT2D eigenvalue weighted by Crippen LogP contribution is 2.43. The number of carbonyl (C=O) groups excluding carboxylic acids is 1. The van der Waals surface area contributed by atoms with Gasteiger partial charge in [-0.2, -0.15) is 0 Å². The average Bonchev–Trinajstić information content (AvgIpc) is 3.06. The molecule has 0 bridgehead atoms. The van der Waals surface area contributed by atoms with E-state index in [1.54, 1.807) is 6.08 Å². The maximum Gasteiger partial charge on any atom is 0.472 e. The highest BCUT2D eigenvalue weighted by molar-refractivity contribution is 7.47. The summed E-state index contributed by atoms with van der Waals surface area (Å²) >= 11 is 0. The van der Waals surface area contributed by atoms with E-state index in [0.717, 1.165) is 32.1 Å². The van der Waals surface area contributed by atoms with Gasteiger partial charge in [-0.1, -0.05) is 147 Å². The van der Waals surface area contributed by atoms with E-state index >= 15 is 0 Å². The SMILES string of the molecule is CCCCCC/C=C\CCCC(=O)NC(COP(=O)(O)OCC[N+](C)(C)C)C(O)/C=C/CC/C=C/CCCCCCCCCCCCCCC. The highest BCUT2D eigenvalue weighted by atomic mass is 31.2. The molecule has 0 saturated carbocycles. The number of carbonyl (C=O) groups is 1. The normalized spacial score (nSPS) is 14.9. The average molecular weight is 728 g/mol. The molecule has 9 heteroatoms. The van der Waals surface area contributed by atoms with Crippen molar-refractivity contribution in [1.29, 1.82) is 0 Å². The molecule has 0 aromatic carbocycles. The number of likely N-dealkylation sites (N-methyl/N-ethyl adjacent to an activating group) is 1. The number of rotatable bonds is 36. The fraction of sp³-hybridized carbons (Fsp3) is 0.829. The van der Waals surface area contributed by atoms with Crippen molar-refractivity contribution in [3.63, 3.8) is 0 Å². The van der Waals surface area contributed by atoms with E-state index in [1.165, 1.54) is 109 Å². The molecule has 3 unspecified atom stereocenters. The van der Waals surface area contributed by atoms with E-state index in [-0.39, 0.29) is 19.1 Å². The number of quaternary nitrogens is 1. The number of aliphatic hydroxyl groups is 1. The van der Waals surface area contributed by atoms with Crippen LogP contribution in [0.15, 0.2) is 36.5 Å². The molecule has 3 N–H and O–H groups in total. The van der Waals surface area contributed by atoms with Crippen molar-refractivity contribution in [3.05, 3.63) is 36.5 Å². The van der Waals surface area contributed by atoms with Crippen LogP contribution < -0.4 is 5.32 Å². The third-order valence-electron chi connectivity index (χ3n) is 8.83. The summed E-state index contributed by atoms with van der Waals surface area (Å²) in [4.78, 5) is 22.9. The highest BCUT2D eigenvalue weighted by Gasteiger charge is 2.27. The number of nitrogens with zero attached hydrogens (tertiary/aromatic N) is 1. The molecule has 0 rings (SSSR count). The summed E-state index contributed by atoms with van der Waals surface area (Å²) in [5.41, 5.74) is 0. The molecular weight excluding hydrogens is 647 g/mol. The van der Waals surface area contributed by atoms with Gasteiger partial charge in [0, 0.05) is 6.42 Å². The maximum atomic E-state index is 12.7. The number of amides is 1. The van der Waals surface area contributed by atoms with E-state index in [2.05, 4.69) is 43.5 Å². The van der Waals surface area contributed by atoms with Gasteiger partial charge in [-0.05, 0) is 51.4 Å². The Hall–Kier alpha value is -1.28. The number of hydrogen-bond donors (Lipinski definition) is 3. The molecule has 0 aromatic rings. The molecule has 0 saturated heterocycles. The van der Waals surface area contributed by atoms with Crippen molar-refractivity contribution in [2.45, 2.75) is 180 Å². The second-order valence-electron chi connectivity index (χ2n) is 15.0. The molecule has 3 atom stereocenters. The Kier molecular flexibility index (Phi) is 32.7. The lowest BCUT2D eigenvalue weighted by Gasteiger charge is -2.25. The van der Waals surface area contributed by atoms with Gasteiger partial charge in [0.15, 0.2) is 0 Å². The van der Waals surface area contributed by atoms with Crippen LogP contribution in [-0.2, 0) is 18.4 Å². The minimum absolute atomic E-state index is 0.0513. The lowest BCUT2D eigenvalue weighted by atomic mass is 10.0. The number of allylic oxidation sites excluding steroid dienone is 5. The molecule has 0 aliphatic rings. The van der Waals surface area contributed by atoms with Crippen LogP contribution in [0.25, 0.3) is 0 Å². The molecule has 0 aliphatic heterocycles. The number of unbranched alkanes of at least 4 members (excludes halogenated alkanes) is 19. The topological polar surface area (TPSA) is 105 Å². The molecule has 1 amide bonds. The van der Waals surface area contributed by atoms with Gasteiger partial charge in [-0.3, -0.25) is 13.8 Å². The Balaban J connectivity index is 4.49. The van der Waals surface area contributed by atoms with Gasteiger partial charge in [0.05, 0.1) is 39.9 Å². The number of phosphoric ester groups is 1. The maximum absolute atomic E-state index is 12.7. The van der Waals surface area contributed by atoms with Crippen molar-refractivity contribution in [1.82, 2.24) is 5.32 Å². The van der Waals surface area contributed by atoms with Crippen LogP contribution in [0.1, 0.15) is 168 Å². The molecular formula is C41H80N2O6P+.